The molecule has 1 amide bonds. The van der Waals surface area contributed by atoms with Crippen molar-refractivity contribution in [2.24, 2.45) is 5.92 Å². The highest BCUT2D eigenvalue weighted by Crippen LogP contribution is 2.23. The van der Waals surface area contributed by atoms with E-state index in [1.165, 1.54) is 6.42 Å². The molecule has 126 valence electrons. The van der Waals surface area contributed by atoms with Gasteiger partial charge >= 0.3 is 5.97 Å². The molecule has 2 rings (SSSR count). The summed E-state index contributed by atoms with van der Waals surface area (Å²) in [6.07, 6.45) is 3.74. The predicted molar refractivity (Wildman–Crippen MR) is 90.4 cm³/mol. The standard InChI is InChI=1S/C19H27NO3/c1-12-9-10-16(11-14(12)3)19(22)23-15(4)18(21)20-17-8-6-5-7-13(17)2/h9-11,13,15,17H,5-8H2,1-4H3,(H,20,21)/t13-,15+,17-/m0/s1. The molecule has 0 unspecified atom stereocenters. The van der Waals surface area contributed by atoms with Gasteiger partial charge in [-0.15, -0.1) is 0 Å². The molecule has 0 aliphatic heterocycles. The maximum Gasteiger partial charge on any atom is 0.338 e. The first-order chi connectivity index (χ1) is 10.9. The molecule has 1 aliphatic rings. The summed E-state index contributed by atoms with van der Waals surface area (Å²) in [6.45, 7) is 7.73. The fourth-order valence-corrected chi connectivity index (χ4v) is 2.98. The van der Waals surface area contributed by atoms with Crippen LogP contribution >= 0.6 is 0 Å². The van der Waals surface area contributed by atoms with Gasteiger partial charge in [0.15, 0.2) is 6.10 Å². The van der Waals surface area contributed by atoms with Crippen LogP contribution < -0.4 is 5.32 Å². The highest BCUT2D eigenvalue weighted by atomic mass is 16.5. The molecule has 1 fully saturated rings. The Kier molecular flexibility index (Phi) is 5.80. The first kappa shape index (κ1) is 17.5. The topological polar surface area (TPSA) is 55.4 Å². The van der Waals surface area contributed by atoms with Gasteiger partial charge in [-0.3, -0.25) is 4.79 Å². The number of aryl methyl sites for hydroxylation is 2. The van der Waals surface area contributed by atoms with E-state index in [1.807, 2.05) is 19.9 Å². The molecule has 0 saturated heterocycles. The number of hydrogen-bond donors (Lipinski definition) is 1. The minimum Gasteiger partial charge on any atom is -0.449 e. The Bertz CT molecular complexity index is 582. The van der Waals surface area contributed by atoms with Gasteiger partial charge in [0, 0.05) is 6.04 Å². The quantitative estimate of drug-likeness (QED) is 0.864. The van der Waals surface area contributed by atoms with Gasteiger partial charge in [-0.05, 0) is 62.8 Å². The number of hydrogen-bond acceptors (Lipinski definition) is 3. The molecule has 1 saturated carbocycles. The van der Waals surface area contributed by atoms with Crippen molar-refractivity contribution in [2.45, 2.75) is 65.5 Å². The van der Waals surface area contributed by atoms with E-state index >= 15 is 0 Å². The summed E-state index contributed by atoms with van der Waals surface area (Å²) < 4.78 is 5.32. The smallest absolute Gasteiger partial charge is 0.338 e. The molecule has 0 radical (unpaired) electrons. The van der Waals surface area contributed by atoms with Crippen molar-refractivity contribution >= 4 is 11.9 Å². The van der Waals surface area contributed by atoms with E-state index in [-0.39, 0.29) is 11.9 Å². The van der Waals surface area contributed by atoms with E-state index in [4.69, 9.17) is 4.74 Å². The van der Waals surface area contributed by atoms with Crippen molar-refractivity contribution in [3.05, 3.63) is 34.9 Å². The minimum atomic E-state index is -0.779. The van der Waals surface area contributed by atoms with Gasteiger partial charge in [0.1, 0.15) is 0 Å². The molecular formula is C19H27NO3. The lowest BCUT2D eigenvalue weighted by Crippen LogP contribution is -2.45. The van der Waals surface area contributed by atoms with Crippen molar-refractivity contribution < 1.29 is 14.3 Å². The Hall–Kier alpha value is -1.84. The third kappa shape index (κ3) is 4.57. The van der Waals surface area contributed by atoms with Crippen molar-refractivity contribution in [1.82, 2.24) is 5.32 Å². The van der Waals surface area contributed by atoms with Gasteiger partial charge in [0.25, 0.3) is 5.91 Å². The number of esters is 1. The molecule has 0 aromatic heterocycles. The van der Waals surface area contributed by atoms with Gasteiger partial charge in [-0.1, -0.05) is 25.8 Å². The third-order valence-corrected chi connectivity index (χ3v) is 4.83. The van der Waals surface area contributed by atoms with Gasteiger partial charge in [0.05, 0.1) is 5.56 Å². The minimum absolute atomic E-state index is 0.194. The Morgan fingerprint density at radius 3 is 2.52 bits per heavy atom. The van der Waals surface area contributed by atoms with Crippen LogP contribution in [0.3, 0.4) is 0 Å². The van der Waals surface area contributed by atoms with E-state index in [0.29, 0.717) is 11.5 Å². The van der Waals surface area contributed by atoms with Gasteiger partial charge in [-0.2, -0.15) is 0 Å². The van der Waals surface area contributed by atoms with Gasteiger partial charge < -0.3 is 10.1 Å². The van der Waals surface area contributed by atoms with E-state index in [1.54, 1.807) is 19.1 Å². The van der Waals surface area contributed by atoms with Gasteiger partial charge in [-0.25, -0.2) is 4.79 Å². The molecule has 4 nitrogen and oxygen atoms in total. The average molecular weight is 317 g/mol. The van der Waals surface area contributed by atoms with Crippen molar-refractivity contribution in [3.63, 3.8) is 0 Å². The SMILES string of the molecule is Cc1ccc(C(=O)O[C@H](C)C(=O)N[C@H]2CCCC[C@@H]2C)cc1C. The van der Waals surface area contributed by atoms with Crippen molar-refractivity contribution in [3.8, 4) is 0 Å². The number of benzene rings is 1. The Morgan fingerprint density at radius 1 is 1.17 bits per heavy atom. The average Bonchev–Trinajstić information content (AvgIpc) is 2.52. The molecule has 1 N–H and O–H groups in total. The summed E-state index contributed by atoms with van der Waals surface area (Å²) >= 11 is 0. The monoisotopic (exact) mass is 317 g/mol. The summed E-state index contributed by atoms with van der Waals surface area (Å²) in [5.74, 6) is -0.177. The summed E-state index contributed by atoms with van der Waals surface area (Å²) in [5, 5.41) is 3.03. The second-order valence-corrected chi connectivity index (χ2v) is 6.72. The number of amides is 1. The summed E-state index contributed by atoms with van der Waals surface area (Å²) in [7, 11) is 0. The fourth-order valence-electron chi connectivity index (χ4n) is 2.98. The molecule has 4 heteroatoms. The van der Waals surface area contributed by atoms with Crippen LogP contribution in [0.15, 0.2) is 18.2 Å². The zero-order valence-corrected chi connectivity index (χ0v) is 14.5. The van der Waals surface area contributed by atoms with Gasteiger partial charge in [0.2, 0.25) is 0 Å². The van der Waals surface area contributed by atoms with E-state index in [2.05, 4.69) is 12.2 Å². The molecule has 23 heavy (non-hydrogen) atoms. The van der Waals surface area contributed by atoms with Crippen LogP contribution in [0.1, 0.15) is 61.0 Å². The van der Waals surface area contributed by atoms with Crippen molar-refractivity contribution in [1.29, 1.82) is 0 Å². The zero-order chi connectivity index (χ0) is 17.0. The number of carbonyl (C=O) groups excluding carboxylic acids is 2. The Morgan fingerprint density at radius 2 is 1.87 bits per heavy atom. The molecule has 1 aromatic carbocycles. The zero-order valence-electron chi connectivity index (χ0n) is 14.5. The fraction of sp³-hybridized carbons (Fsp3) is 0.579. The summed E-state index contributed by atoms with van der Waals surface area (Å²) in [4.78, 5) is 24.4. The first-order valence-electron chi connectivity index (χ1n) is 8.47. The normalized spacial score (nSPS) is 22.3. The van der Waals surface area contributed by atoms with Crippen LogP contribution in [0.2, 0.25) is 0 Å². The van der Waals surface area contributed by atoms with Crippen LogP contribution in [0.5, 0.6) is 0 Å². The van der Waals surface area contributed by atoms with Crippen LogP contribution in [0.25, 0.3) is 0 Å². The van der Waals surface area contributed by atoms with Crippen LogP contribution in [0, 0.1) is 19.8 Å². The van der Waals surface area contributed by atoms with Crippen LogP contribution in [-0.4, -0.2) is 24.0 Å². The highest BCUT2D eigenvalue weighted by molar-refractivity contribution is 5.92. The molecule has 0 heterocycles. The van der Waals surface area contributed by atoms with E-state index < -0.39 is 12.1 Å². The molecular weight excluding hydrogens is 290 g/mol. The summed E-state index contributed by atoms with van der Waals surface area (Å²) in [5.41, 5.74) is 2.64. The van der Waals surface area contributed by atoms with E-state index in [0.717, 1.165) is 30.4 Å². The number of nitrogens with one attached hydrogen (secondary N) is 1. The molecule has 3 atom stereocenters. The number of ether oxygens (including phenoxy) is 1. The molecule has 0 spiro atoms. The van der Waals surface area contributed by atoms with Crippen molar-refractivity contribution in [2.75, 3.05) is 0 Å². The number of carbonyl (C=O) groups is 2. The highest BCUT2D eigenvalue weighted by Gasteiger charge is 2.26. The largest absolute Gasteiger partial charge is 0.449 e. The lowest BCUT2D eigenvalue weighted by Gasteiger charge is -2.30. The second-order valence-electron chi connectivity index (χ2n) is 6.72. The summed E-state index contributed by atoms with van der Waals surface area (Å²) in [6, 6.07) is 5.61. The molecule has 1 aliphatic carbocycles. The van der Waals surface area contributed by atoms with Crippen LogP contribution in [-0.2, 0) is 9.53 Å². The lowest BCUT2D eigenvalue weighted by molar-refractivity contribution is -0.130. The predicted octanol–water partition coefficient (Wildman–Crippen LogP) is 3.54. The second kappa shape index (κ2) is 7.62. The first-order valence-corrected chi connectivity index (χ1v) is 8.47. The Balaban J connectivity index is 1.92. The maximum absolute atomic E-state index is 12.3. The lowest BCUT2D eigenvalue weighted by atomic mass is 9.86. The van der Waals surface area contributed by atoms with E-state index in [9.17, 15) is 9.59 Å². The Labute approximate surface area is 138 Å². The molecule has 0 bridgehead atoms. The number of rotatable bonds is 4. The molecule has 1 aromatic rings. The third-order valence-electron chi connectivity index (χ3n) is 4.83. The maximum atomic E-state index is 12.3. The van der Waals surface area contributed by atoms with Crippen LogP contribution in [0.4, 0.5) is 0 Å².